The zero-order chi connectivity index (χ0) is 32.2. The molecule has 0 radical (unpaired) electrons. The molecule has 0 atom stereocenters. The quantitative estimate of drug-likeness (QED) is 0.0542. The van der Waals surface area contributed by atoms with Gasteiger partial charge in [0.2, 0.25) is 5.91 Å². The summed E-state index contributed by atoms with van der Waals surface area (Å²) in [6.45, 7) is 7.87. The van der Waals surface area contributed by atoms with Crippen molar-refractivity contribution in [3.8, 4) is 0 Å². The van der Waals surface area contributed by atoms with E-state index in [9.17, 15) is 4.79 Å². The average Bonchev–Trinajstić information content (AvgIpc) is 3.01. The standard InChI is InChI=1S/C41H84N2O/c1-5-7-9-11-13-15-17-19-21-23-25-27-29-31-33-35-39-43(3,4)40-36-38-42-41(44)37-34-32-30-28-26-24-22-20-18-16-14-12-10-8-6-2/h5-40H2,1-4H3/p+1. The largest absolute Gasteiger partial charge is 0.356 e. The third kappa shape index (κ3) is 35.9. The number of hydrogen-bond acceptors (Lipinski definition) is 1. The molecule has 0 fully saturated rings. The highest BCUT2D eigenvalue weighted by Crippen LogP contribution is 2.15. The van der Waals surface area contributed by atoms with Crippen LogP contribution in [-0.2, 0) is 4.79 Å². The molecule has 0 bridgehead atoms. The smallest absolute Gasteiger partial charge is 0.219 e. The zero-order valence-corrected chi connectivity index (χ0v) is 31.3. The van der Waals surface area contributed by atoms with Crippen molar-refractivity contribution in [1.82, 2.24) is 5.32 Å². The lowest BCUT2D eigenvalue weighted by atomic mass is 10.0. The first-order chi connectivity index (χ1) is 21.5. The number of quaternary nitrogens is 1. The maximum absolute atomic E-state index is 12.2. The van der Waals surface area contributed by atoms with Gasteiger partial charge in [0, 0.05) is 19.4 Å². The van der Waals surface area contributed by atoms with Crippen molar-refractivity contribution >= 4 is 5.91 Å². The van der Waals surface area contributed by atoms with E-state index >= 15 is 0 Å². The highest BCUT2D eigenvalue weighted by atomic mass is 16.1. The van der Waals surface area contributed by atoms with Crippen LogP contribution in [0.15, 0.2) is 0 Å². The first-order valence-corrected chi connectivity index (χ1v) is 20.6. The molecule has 0 aromatic rings. The molecule has 0 aromatic carbocycles. The molecule has 0 aliphatic rings. The van der Waals surface area contributed by atoms with Crippen LogP contribution in [0.2, 0.25) is 0 Å². The van der Waals surface area contributed by atoms with Crippen LogP contribution in [0.1, 0.15) is 226 Å². The predicted molar refractivity (Wildman–Crippen MR) is 199 cm³/mol. The number of carbonyl (C=O) groups excluding carboxylic acids is 1. The van der Waals surface area contributed by atoms with Crippen molar-refractivity contribution < 1.29 is 9.28 Å². The van der Waals surface area contributed by atoms with Gasteiger partial charge in [-0.3, -0.25) is 4.79 Å². The second kappa shape index (κ2) is 35.3. The Hall–Kier alpha value is -0.570. The van der Waals surface area contributed by atoms with Crippen molar-refractivity contribution in [2.45, 2.75) is 226 Å². The summed E-state index contributed by atoms with van der Waals surface area (Å²) >= 11 is 0. The molecule has 44 heavy (non-hydrogen) atoms. The fourth-order valence-electron chi connectivity index (χ4n) is 6.68. The highest BCUT2D eigenvalue weighted by molar-refractivity contribution is 5.75. The Morgan fingerprint density at radius 2 is 0.659 bits per heavy atom. The summed E-state index contributed by atoms with van der Waals surface area (Å²) in [6, 6.07) is 0. The molecular formula is C41H85N2O+. The topological polar surface area (TPSA) is 29.1 Å². The van der Waals surface area contributed by atoms with E-state index in [1.54, 1.807) is 0 Å². The van der Waals surface area contributed by atoms with Crippen LogP contribution in [0.5, 0.6) is 0 Å². The first-order valence-electron chi connectivity index (χ1n) is 20.6. The average molecular weight is 622 g/mol. The van der Waals surface area contributed by atoms with Crippen LogP contribution in [-0.4, -0.2) is 44.1 Å². The van der Waals surface area contributed by atoms with E-state index < -0.39 is 0 Å². The van der Waals surface area contributed by atoms with Gasteiger partial charge in [-0.1, -0.05) is 194 Å². The molecule has 0 heterocycles. The number of carbonyl (C=O) groups is 1. The Morgan fingerprint density at radius 1 is 0.386 bits per heavy atom. The molecule has 0 spiro atoms. The van der Waals surface area contributed by atoms with E-state index in [0.717, 1.165) is 36.8 Å². The van der Waals surface area contributed by atoms with Crippen molar-refractivity contribution in [2.75, 3.05) is 33.7 Å². The molecule has 3 heteroatoms. The SMILES string of the molecule is CCCCCCCCCCCCCCCCCC[N+](C)(C)CCCNC(=O)CCCCCCCCCCCCCCCCC. The molecule has 264 valence electrons. The maximum Gasteiger partial charge on any atom is 0.219 e. The van der Waals surface area contributed by atoms with Gasteiger partial charge >= 0.3 is 0 Å². The lowest BCUT2D eigenvalue weighted by Gasteiger charge is -2.30. The van der Waals surface area contributed by atoms with Crippen LogP contribution in [0.3, 0.4) is 0 Å². The van der Waals surface area contributed by atoms with Crippen molar-refractivity contribution in [1.29, 1.82) is 0 Å². The molecule has 0 rings (SSSR count). The third-order valence-electron chi connectivity index (χ3n) is 9.89. The van der Waals surface area contributed by atoms with Gasteiger partial charge < -0.3 is 9.80 Å². The van der Waals surface area contributed by atoms with E-state index in [2.05, 4.69) is 33.3 Å². The van der Waals surface area contributed by atoms with E-state index in [1.165, 1.54) is 199 Å². The summed E-state index contributed by atoms with van der Waals surface area (Å²) in [5.41, 5.74) is 0. The van der Waals surface area contributed by atoms with Crippen LogP contribution in [0.25, 0.3) is 0 Å². The summed E-state index contributed by atoms with van der Waals surface area (Å²) in [4.78, 5) is 12.2. The fourth-order valence-corrected chi connectivity index (χ4v) is 6.68. The molecule has 0 unspecified atom stereocenters. The summed E-state index contributed by atoms with van der Waals surface area (Å²) in [5, 5.41) is 3.18. The lowest BCUT2D eigenvalue weighted by Crippen LogP contribution is -2.42. The highest BCUT2D eigenvalue weighted by Gasteiger charge is 2.14. The minimum absolute atomic E-state index is 0.266. The van der Waals surface area contributed by atoms with Gasteiger partial charge in [-0.05, 0) is 19.3 Å². The third-order valence-corrected chi connectivity index (χ3v) is 9.89. The Bertz CT molecular complexity index is 561. The van der Waals surface area contributed by atoms with Gasteiger partial charge in [-0.25, -0.2) is 0 Å². The molecule has 0 saturated heterocycles. The van der Waals surface area contributed by atoms with Crippen molar-refractivity contribution in [3.63, 3.8) is 0 Å². The van der Waals surface area contributed by atoms with Crippen molar-refractivity contribution in [3.05, 3.63) is 0 Å². The Morgan fingerprint density at radius 3 is 1.00 bits per heavy atom. The minimum atomic E-state index is 0.266. The second-order valence-electron chi connectivity index (χ2n) is 15.1. The summed E-state index contributed by atoms with van der Waals surface area (Å²) < 4.78 is 1.09. The van der Waals surface area contributed by atoms with E-state index in [-0.39, 0.29) is 5.91 Å². The van der Waals surface area contributed by atoms with Crippen LogP contribution in [0.4, 0.5) is 0 Å². The number of unbranched alkanes of at least 4 members (excludes halogenated alkanes) is 29. The fraction of sp³-hybridized carbons (Fsp3) is 0.976. The Labute approximate surface area is 279 Å². The molecule has 0 saturated carbocycles. The van der Waals surface area contributed by atoms with Gasteiger partial charge in [0.05, 0.1) is 27.2 Å². The zero-order valence-electron chi connectivity index (χ0n) is 31.3. The summed E-state index contributed by atoms with van der Waals surface area (Å²) in [6.07, 6.45) is 45.3. The van der Waals surface area contributed by atoms with Gasteiger partial charge in [-0.2, -0.15) is 0 Å². The minimum Gasteiger partial charge on any atom is -0.356 e. The predicted octanol–water partition coefficient (Wildman–Crippen LogP) is 13.1. The van der Waals surface area contributed by atoms with Gasteiger partial charge in [-0.15, -0.1) is 0 Å². The number of nitrogens with one attached hydrogen (secondary N) is 1. The maximum atomic E-state index is 12.2. The molecule has 0 aromatic heterocycles. The molecule has 1 amide bonds. The number of rotatable bonds is 37. The van der Waals surface area contributed by atoms with E-state index in [4.69, 9.17) is 0 Å². The summed E-state index contributed by atoms with van der Waals surface area (Å²) in [7, 11) is 4.73. The lowest BCUT2D eigenvalue weighted by molar-refractivity contribution is -0.890. The number of amides is 1. The van der Waals surface area contributed by atoms with Gasteiger partial charge in [0.1, 0.15) is 0 Å². The van der Waals surface area contributed by atoms with Crippen LogP contribution < -0.4 is 5.32 Å². The van der Waals surface area contributed by atoms with Crippen LogP contribution >= 0.6 is 0 Å². The first kappa shape index (κ1) is 43.4. The number of hydrogen-bond donors (Lipinski definition) is 1. The van der Waals surface area contributed by atoms with Crippen molar-refractivity contribution in [2.24, 2.45) is 0 Å². The normalized spacial score (nSPS) is 11.8. The van der Waals surface area contributed by atoms with Gasteiger partial charge in [0.25, 0.3) is 0 Å². The van der Waals surface area contributed by atoms with E-state index in [1.807, 2.05) is 0 Å². The van der Waals surface area contributed by atoms with Gasteiger partial charge in [0.15, 0.2) is 0 Å². The Balaban J connectivity index is 3.37. The molecule has 3 nitrogen and oxygen atoms in total. The molecular weight excluding hydrogens is 536 g/mol. The van der Waals surface area contributed by atoms with Crippen LogP contribution in [0, 0.1) is 0 Å². The summed E-state index contributed by atoms with van der Waals surface area (Å²) in [5.74, 6) is 0.266. The molecule has 0 aliphatic heterocycles. The van der Waals surface area contributed by atoms with E-state index in [0.29, 0.717) is 0 Å². The second-order valence-corrected chi connectivity index (χ2v) is 15.1. The monoisotopic (exact) mass is 622 g/mol. The molecule has 1 N–H and O–H groups in total. The Kier molecular flexibility index (Phi) is 34.8. The molecule has 0 aliphatic carbocycles. The number of nitrogens with zero attached hydrogens (tertiary/aromatic N) is 1.